The quantitative estimate of drug-likeness (QED) is 0.883. The summed E-state index contributed by atoms with van der Waals surface area (Å²) >= 11 is 7.17. The van der Waals surface area contributed by atoms with E-state index in [9.17, 15) is 4.79 Å². The highest BCUT2D eigenvalue weighted by Crippen LogP contribution is 2.29. The first-order valence-corrected chi connectivity index (χ1v) is 5.62. The van der Waals surface area contributed by atoms with Crippen molar-refractivity contribution in [3.05, 3.63) is 40.5 Å². The topological polar surface area (TPSA) is 62.2 Å². The molecule has 82 valence electrons. The molecule has 2 N–H and O–H groups in total. The molecule has 0 spiro atoms. The Bertz CT molecular complexity index is 527. The van der Waals surface area contributed by atoms with Crippen molar-refractivity contribution >= 4 is 39.6 Å². The monoisotopic (exact) mass is 254 g/mol. The van der Waals surface area contributed by atoms with Gasteiger partial charge in [-0.2, -0.15) is 0 Å². The lowest BCUT2D eigenvalue weighted by molar-refractivity contribution is 0.0692. The summed E-state index contributed by atoms with van der Waals surface area (Å²) in [6, 6.07) is 7.12. The summed E-state index contributed by atoms with van der Waals surface area (Å²) in [6.45, 7) is 0. The van der Waals surface area contributed by atoms with Crippen LogP contribution in [0.2, 0.25) is 5.02 Å². The molecule has 0 fully saturated rings. The van der Waals surface area contributed by atoms with Crippen LogP contribution in [-0.4, -0.2) is 16.1 Å². The third kappa shape index (κ3) is 2.15. The van der Waals surface area contributed by atoms with Gasteiger partial charge in [0.25, 0.3) is 0 Å². The van der Waals surface area contributed by atoms with E-state index in [1.807, 2.05) is 6.07 Å². The summed E-state index contributed by atoms with van der Waals surface area (Å²) in [5, 5.41) is 12.8. The summed E-state index contributed by atoms with van der Waals surface area (Å²) in [4.78, 5) is 14.6. The molecular weight excluding hydrogens is 248 g/mol. The van der Waals surface area contributed by atoms with Gasteiger partial charge in [-0.1, -0.05) is 23.7 Å². The zero-order valence-electron chi connectivity index (χ0n) is 7.98. The first kappa shape index (κ1) is 10.9. The maximum absolute atomic E-state index is 10.8. The lowest BCUT2D eigenvalue weighted by Crippen LogP contribution is -2.01. The average molecular weight is 255 g/mol. The second-order valence-electron chi connectivity index (χ2n) is 2.94. The number of nitrogens with one attached hydrogen (secondary N) is 1. The first-order valence-electron chi connectivity index (χ1n) is 4.37. The van der Waals surface area contributed by atoms with Crippen LogP contribution in [0.5, 0.6) is 0 Å². The molecule has 2 rings (SSSR count). The minimum atomic E-state index is -1.06. The molecule has 0 radical (unpaired) electrons. The van der Waals surface area contributed by atoms with Crippen LogP contribution >= 0.6 is 22.9 Å². The number of carboxylic acids is 1. The van der Waals surface area contributed by atoms with Crippen LogP contribution in [0.1, 0.15) is 10.5 Å². The summed E-state index contributed by atoms with van der Waals surface area (Å²) < 4.78 is 0. The van der Waals surface area contributed by atoms with Crippen molar-refractivity contribution in [1.29, 1.82) is 0 Å². The molecule has 16 heavy (non-hydrogen) atoms. The number of aromatic nitrogens is 1. The van der Waals surface area contributed by atoms with Crippen LogP contribution in [-0.2, 0) is 0 Å². The number of anilines is 2. The van der Waals surface area contributed by atoms with Crippen LogP contribution in [0.25, 0.3) is 0 Å². The first-order chi connectivity index (χ1) is 7.68. The highest BCUT2D eigenvalue weighted by atomic mass is 35.5. The fourth-order valence-electron chi connectivity index (χ4n) is 1.17. The van der Waals surface area contributed by atoms with Crippen molar-refractivity contribution in [2.75, 3.05) is 5.32 Å². The minimum Gasteiger partial charge on any atom is -0.476 e. The molecule has 1 heterocycles. The Kier molecular flexibility index (Phi) is 3.07. The molecule has 1 aromatic carbocycles. The molecule has 0 unspecified atom stereocenters. The van der Waals surface area contributed by atoms with Crippen molar-refractivity contribution < 1.29 is 9.90 Å². The lowest BCUT2D eigenvalue weighted by atomic mass is 10.3. The zero-order valence-corrected chi connectivity index (χ0v) is 9.55. The van der Waals surface area contributed by atoms with Gasteiger partial charge in [0.1, 0.15) is 5.00 Å². The fraction of sp³-hybridized carbons (Fsp3) is 0. The Morgan fingerprint density at radius 1 is 1.44 bits per heavy atom. The van der Waals surface area contributed by atoms with E-state index in [0.29, 0.717) is 15.7 Å². The second-order valence-corrected chi connectivity index (χ2v) is 4.20. The predicted octanol–water partition coefficient (Wildman–Crippen LogP) is 3.24. The average Bonchev–Trinajstić information content (AvgIpc) is 2.69. The van der Waals surface area contributed by atoms with E-state index in [4.69, 9.17) is 16.7 Å². The molecule has 0 saturated heterocycles. The van der Waals surface area contributed by atoms with Gasteiger partial charge in [0, 0.05) is 0 Å². The summed E-state index contributed by atoms with van der Waals surface area (Å²) in [5.41, 5.74) is 2.14. The summed E-state index contributed by atoms with van der Waals surface area (Å²) in [5.74, 6) is -1.06. The van der Waals surface area contributed by atoms with Gasteiger partial charge < -0.3 is 10.4 Å². The van der Waals surface area contributed by atoms with Gasteiger partial charge in [-0.25, -0.2) is 9.78 Å². The lowest BCUT2D eigenvalue weighted by Gasteiger charge is -2.05. The number of benzene rings is 1. The summed E-state index contributed by atoms with van der Waals surface area (Å²) in [7, 11) is 0. The number of hydrogen-bond donors (Lipinski definition) is 2. The normalized spacial score (nSPS) is 10.1. The Balaban J connectivity index is 2.31. The number of carboxylic acid groups (broad SMARTS) is 1. The third-order valence-corrected chi connectivity index (χ3v) is 2.96. The molecule has 0 aliphatic rings. The Labute approximate surface area is 101 Å². The molecule has 0 bridgehead atoms. The third-order valence-electron chi connectivity index (χ3n) is 1.89. The molecule has 4 nitrogen and oxygen atoms in total. The number of para-hydroxylation sites is 1. The van der Waals surface area contributed by atoms with Crippen molar-refractivity contribution in [3.63, 3.8) is 0 Å². The Morgan fingerprint density at radius 2 is 2.19 bits per heavy atom. The van der Waals surface area contributed by atoms with Gasteiger partial charge in [0.15, 0.2) is 5.69 Å². The largest absolute Gasteiger partial charge is 0.476 e. The van der Waals surface area contributed by atoms with Crippen LogP contribution in [0.3, 0.4) is 0 Å². The summed E-state index contributed by atoms with van der Waals surface area (Å²) in [6.07, 6.45) is 0. The zero-order chi connectivity index (χ0) is 11.5. The van der Waals surface area contributed by atoms with Gasteiger partial charge >= 0.3 is 5.97 Å². The van der Waals surface area contributed by atoms with Gasteiger partial charge in [0.05, 0.1) is 16.2 Å². The van der Waals surface area contributed by atoms with Gasteiger partial charge in [-0.05, 0) is 12.1 Å². The van der Waals surface area contributed by atoms with Crippen LogP contribution in [0.15, 0.2) is 29.8 Å². The second kappa shape index (κ2) is 4.51. The molecule has 2 aromatic rings. The SMILES string of the molecule is O=C(O)c1ncsc1Nc1ccccc1Cl. The number of thiazole rings is 1. The van der Waals surface area contributed by atoms with Crippen LogP contribution < -0.4 is 5.32 Å². The molecular formula is C10H7ClN2O2S. The molecule has 0 aliphatic heterocycles. The van der Waals surface area contributed by atoms with Crippen molar-refractivity contribution in [2.24, 2.45) is 0 Å². The van der Waals surface area contributed by atoms with Crippen molar-refractivity contribution in [3.8, 4) is 0 Å². The van der Waals surface area contributed by atoms with Gasteiger partial charge in [-0.15, -0.1) is 11.3 Å². The van der Waals surface area contributed by atoms with Gasteiger partial charge in [0.2, 0.25) is 0 Å². The number of carbonyl (C=O) groups is 1. The van der Waals surface area contributed by atoms with E-state index in [-0.39, 0.29) is 5.69 Å². The number of halogens is 1. The van der Waals surface area contributed by atoms with E-state index in [0.717, 1.165) is 0 Å². The standard InChI is InChI=1S/C10H7ClN2O2S/c11-6-3-1-2-4-7(6)13-9-8(10(14)15)12-5-16-9/h1-5,13H,(H,14,15). The predicted molar refractivity (Wildman–Crippen MR) is 63.8 cm³/mol. The maximum Gasteiger partial charge on any atom is 0.357 e. The van der Waals surface area contributed by atoms with E-state index in [1.165, 1.54) is 16.8 Å². The highest BCUT2D eigenvalue weighted by molar-refractivity contribution is 7.14. The number of hydrogen-bond acceptors (Lipinski definition) is 4. The fourth-order valence-corrected chi connectivity index (χ4v) is 2.04. The molecule has 0 amide bonds. The molecule has 0 aliphatic carbocycles. The number of nitrogens with zero attached hydrogens (tertiary/aromatic N) is 1. The molecule has 6 heteroatoms. The van der Waals surface area contributed by atoms with E-state index < -0.39 is 5.97 Å². The van der Waals surface area contributed by atoms with Gasteiger partial charge in [-0.3, -0.25) is 0 Å². The molecule has 0 atom stereocenters. The number of rotatable bonds is 3. The van der Waals surface area contributed by atoms with E-state index in [1.54, 1.807) is 18.2 Å². The smallest absolute Gasteiger partial charge is 0.357 e. The maximum atomic E-state index is 10.8. The minimum absolute atomic E-state index is 0.00456. The van der Waals surface area contributed by atoms with Crippen LogP contribution in [0.4, 0.5) is 10.7 Å². The van der Waals surface area contributed by atoms with Crippen LogP contribution in [0, 0.1) is 0 Å². The Morgan fingerprint density at radius 3 is 2.88 bits per heavy atom. The van der Waals surface area contributed by atoms with Crippen molar-refractivity contribution in [1.82, 2.24) is 4.98 Å². The van der Waals surface area contributed by atoms with E-state index in [2.05, 4.69) is 10.3 Å². The Hall–Kier alpha value is -1.59. The highest BCUT2D eigenvalue weighted by Gasteiger charge is 2.14. The molecule has 1 aromatic heterocycles. The molecule has 0 saturated carbocycles. The van der Waals surface area contributed by atoms with Crippen molar-refractivity contribution in [2.45, 2.75) is 0 Å². The number of aromatic carboxylic acids is 1. The van der Waals surface area contributed by atoms with E-state index >= 15 is 0 Å².